The molecular formula is C12H12ClNO4. The van der Waals surface area contributed by atoms with Crippen LogP contribution in [0.1, 0.15) is 12.5 Å². The second kappa shape index (κ2) is 6.07. The zero-order valence-electron chi connectivity index (χ0n) is 9.59. The van der Waals surface area contributed by atoms with Crippen molar-refractivity contribution in [1.82, 2.24) is 0 Å². The number of carboxylic acid groups (broad SMARTS) is 1. The smallest absolute Gasteiger partial charge is 0.328 e. The van der Waals surface area contributed by atoms with E-state index in [1.165, 1.54) is 19.1 Å². The van der Waals surface area contributed by atoms with E-state index < -0.39 is 18.0 Å². The molecule has 1 aromatic carbocycles. The van der Waals surface area contributed by atoms with Crippen LogP contribution in [0.4, 0.5) is 0 Å². The number of carboxylic acids is 1. The van der Waals surface area contributed by atoms with E-state index in [4.69, 9.17) is 27.2 Å². The molecule has 18 heavy (non-hydrogen) atoms. The minimum atomic E-state index is -1.05. The highest BCUT2D eigenvalue weighted by molar-refractivity contribution is 6.32. The lowest BCUT2D eigenvalue weighted by molar-refractivity contribution is -0.131. The molecule has 0 aliphatic rings. The van der Waals surface area contributed by atoms with E-state index in [0.29, 0.717) is 11.3 Å². The van der Waals surface area contributed by atoms with E-state index in [2.05, 4.69) is 0 Å². The lowest BCUT2D eigenvalue weighted by atomic mass is 10.2. The maximum absolute atomic E-state index is 10.8. The number of amides is 1. The molecule has 0 radical (unpaired) electrons. The van der Waals surface area contributed by atoms with Gasteiger partial charge >= 0.3 is 5.97 Å². The van der Waals surface area contributed by atoms with Gasteiger partial charge in [0.15, 0.2) is 6.10 Å². The molecule has 0 aromatic heterocycles. The number of nitrogens with two attached hydrogens (primary N) is 1. The Bertz CT molecular complexity index is 499. The third kappa shape index (κ3) is 4.10. The average Bonchev–Trinajstić information content (AvgIpc) is 2.29. The molecule has 0 saturated carbocycles. The molecule has 5 nitrogen and oxygen atoms in total. The summed E-state index contributed by atoms with van der Waals surface area (Å²) in [6, 6.07) is 4.70. The van der Waals surface area contributed by atoms with Crippen molar-refractivity contribution in [3.05, 3.63) is 34.9 Å². The van der Waals surface area contributed by atoms with E-state index in [1.54, 1.807) is 12.1 Å². The Morgan fingerprint density at radius 2 is 2.17 bits per heavy atom. The van der Waals surface area contributed by atoms with Gasteiger partial charge in [-0.1, -0.05) is 17.7 Å². The Hall–Kier alpha value is -2.01. The van der Waals surface area contributed by atoms with Crippen LogP contribution in [-0.4, -0.2) is 23.1 Å². The van der Waals surface area contributed by atoms with E-state index >= 15 is 0 Å². The summed E-state index contributed by atoms with van der Waals surface area (Å²) in [5, 5.41) is 8.76. The number of aliphatic carboxylic acids is 1. The average molecular weight is 270 g/mol. The number of rotatable bonds is 5. The highest BCUT2D eigenvalue weighted by atomic mass is 35.5. The summed E-state index contributed by atoms with van der Waals surface area (Å²) in [6.07, 6.45) is 1.61. The Kier molecular flexibility index (Phi) is 4.74. The molecule has 0 bridgehead atoms. The van der Waals surface area contributed by atoms with Crippen molar-refractivity contribution in [2.24, 2.45) is 5.73 Å². The van der Waals surface area contributed by atoms with Crippen molar-refractivity contribution in [2.75, 3.05) is 0 Å². The number of ether oxygens (including phenoxy) is 1. The summed E-state index contributed by atoms with van der Waals surface area (Å²) in [4.78, 5) is 21.2. The fraction of sp³-hybridized carbons (Fsp3) is 0.167. The van der Waals surface area contributed by atoms with E-state index in [-0.39, 0.29) is 5.02 Å². The van der Waals surface area contributed by atoms with Crippen LogP contribution in [-0.2, 0) is 9.59 Å². The van der Waals surface area contributed by atoms with Crippen molar-refractivity contribution in [2.45, 2.75) is 13.0 Å². The monoisotopic (exact) mass is 269 g/mol. The van der Waals surface area contributed by atoms with Crippen molar-refractivity contribution >= 4 is 29.6 Å². The Morgan fingerprint density at radius 1 is 1.50 bits per heavy atom. The molecule has 6 heteroatoms. The van der Waals surface area contributed by atoms with Gasteiger partial charge in [0, 0.05) is 6.08 Å². The first kappa shape index (κ1) is 14.1. The fourth-order valence-corrected chi connectivity index (χ4v) is 1.37. The Labute approximate surface area is 109 Å². The quantitative estimate of drug-likeness (QED) is 0.796. The van der Waals surface area contributed by atoms with Crippen LogP contribution in [0.25, 0.3) is 6.08 Å². The molecule has 1 rings (SSSR count). The van der Waals surface area contributed by atoms with Crippen LogP contribution in [0.3, 0.4) is 0 Å². The maximum atomic E-state index is 10.8. The highest BCUT2D eigenvalue weighted by Gasteiger charge is 2.12. The van der Waals surface area contributed by atoms with Crippen LogP contribution in [0, 0.1) is 0 Å². The first-order valence-corrected chi connectivity index (χ1v) is 5.44. The molecule has 1 unspecified atom stereocenters. The number of carbonyl (C=O) groups is 2. The zero-order valence-corrected chi connectivity index (χ0v) is 10.3. The summed E-state index contributed by atoms with van der Waals surface area (Å²) in [7, 11) is 0. The molecule has 1 aromatic rings. The van der Waals surface area contributed by atoms with Gasteiger partial charge in [0.1, 0.15) is 5.75 Å². The summed E-state index contributed by atoms with van der Waals surface area (Å²) in [6.45, 7) is 1.51. The third-order valence-electron chi connectivity index (χ3n) is 2.08. The lowest BCUT2D eigenvalue weighted by Gasteiger charge is -2.12. The van der Waals surface area contributed by atoms with Gasteiger partial charge in [-0.05, 0) is 30.7 Å². The predicted octanol–water partition coefficient (Wildman–Crippen LogP) is 1.69. The molecule has 0 fully saturated rings. The van der Waals surface area contributed by atoms with Crippen molar-refractivity contribution < 1.29 is 19.4 Å². The number of halogens is 1. The van der Waals surface area contributed by atoms with E-state index in [1.807, 2.05) is 0 Å². The lowest BCUT2D eigenvalue weighted by Crippen LogP contribution is -2.30. The van der Waals surface area contributed by atoms with Crippen LogP contribution in [0.2, 0.25) is 5.02 Å². The SMILES string of the molecule is CC(Oc1ccc(C=CC(=O)O)cc1Cl)C(N)=O. The van der Waals surface area contributed by atoms with E-state index in [0.717, 1.165) is 6.08 Å². The topological polar surface area (TPSA) is 89.6 Å². The zero-order chi connectivity index (χ0) is 13.7. The summed E-state index contributed by atoms with van der Waals surface area (Å²) >= 11 is 5.94. The molecule has 1 amide bonds. The first-order chi connectivity index (χ1) is 8.40. The molecule has 0 aliphatic carbocycles. The van der Waals surface area contributed by atoms with Gasteiger partial charge in [0.2, 0.25) is 0 Å². The molecule has 0 heterocycles. The number of carbonyl (C=O) groups excluding carboxylic acids is 1. The maximum Gasteiger partial charge on any atom is 0.328 e. The van der Waals surface area contributed by atoms with Crippen LogP contribution in [0.5, 0.6) is 5.75 Å². The number of benzene rings is 1. The van der Waals surface area contributed by atoms with Gasteiger partial charge in [-0.3, -0.25) is 4.79 Å². The molecule has 0 aliphatic heterocycles. The van der Waals surface area contributed by atoms with Gasteiger partial charge in [0.05, 0.1) is 5.02 Å². The van der Waals surface area contributed by atoms with Crippen molar-refractivity contribution in [3.63, 3.8) is 0 Å². The molecule has 3 N–H and O–H groups in total. The van der Waals surface area contributed by atoms with Crippen LogP contribution >= 0.6 is 11.6 Å². The number of hydrogen-bond donors (Lipinski definition) is 2. The van der Waals surface area contributed by atoms with Gasteiger partial charge in [-0.25, -0.2) is 4.79 Å². The molecule has 1 atom stereocenters. The van der Waals surface area contributed by atoms with Gasteiger partial charge in [-0.15, -0.1) is 0 Å². The molecule has 0 saturated heterocycles. The van der Waals surface area contributed by atoms with Crippen molar-refractivity contribution in [1.29, 1.82) is 0 Å². The van der Waals surface area contributed by atoms with Crippen molar-refractivity contribution in [3.8, 4) is 5.75 Å². The minimum Gasteiger partial charge on any atom is -0.479 e. The minimum absolute atomic E-state index is 0.274. The van der Waals surface area contributed by atoms with Gasteiger partial charge in [0.25, 0.3) is 5.91 Å². The Balaban J connectivity index is 2.86. The van der Waals surface area contributed by atoms with Gasteiger partial charge in [-0.2, -0.15) is 0 Å². The van der Waals surface area contributed by atoms with Gasteiger partial charge < -0.3 is 15.6 Å². The Morgan fingerprint density at radius 3 is 2.67 bits per heavy atom. The molecule has 0 spiro atoms. The summed E-state index contributed by atoms with van der Waals surface area (Å²) in [5.41, 5.74) is 5.67. The fourth-order valence-electron chi connectivity index (χ4n) is 1.13. The predicted molar refractivity (Wildman–Crippen MR) is 67.4 cm³/mol. The summed E-state index contributed by atoms with van der Waals surface area (Å²) in [5.74, 6) is -1.33. The normalized spacial score (nSPS) is 12.3. The second-order valence-corrected chi connectivity index (χ2v) is 3.93. The first-order valence-electron chi connectivity index (χ1n) is 5.06. The van der Waals surface area contributed by atoms with Crippen LogP contribution in [0.15, 0.2) is 24.3 Å². The highest BCUT2D eigenvalue weighted by Crippen LogP contribution is 2.26. The molecule has 96 valence electrons. The second-order valence-electron chi connectivity index (χ2n) is 3.52. The largest absolute Gasteiger partial charge is 0.479 e. The molecular weight excluding hydrogens is 258 g/mol. The summed E-state index contributed by atoms with van der Waals surface area (Å²) < 4.78 is 5.24. The standard InChI is InChI=1S/C12H12ClNO4/c1-7(12(14)17)18-10-4-2-8(6-9(10)13)3-5-11(15)16/h2-7H,1H3,(H2,14,17)(H,15,16). The third-order valence-corrected chi connectivity index (χ3v) is 2.37. The number of primary amides is 1. The van der Waals surface area contributed by atoms with Crippen LogP contribution < -0.4 is 10.5 Å². The number of hydrogen-bond acceptors (Lipinski definition) is 3. The van der Waals surface area contributed by atoms with E-state index in [9.17, 15) is 9.59 Å².